The Labute approximate surface area is 171 Å². The van der Waals surface area contributed by atoms with Crippen molar-refractivity contribution in [3.05, 3.63) is 59.2 Å². The number of likely N-dealkylation sites (tertiary alicyclic amines) is 1. The van der Waals surface area contributed by atoms with E-state index >= 15 is 0 Å². The van der Waals surface area contributed by atoms with Crippen LogP contribution in [0.2, 0.25) is 0 Å². The number of carbonyl (C=O) groups is 1. The van der Waals surface area contributed by atoms with Crippen LogP contribution in [-0.2, 0) is 16.6 Å². The summed E-state index contributed by atoms with van der Waals surface area (Å²) in [6.45, 7) is 3.73. The standard InChI is InChI=1S/C21H26N2O3S2/c1-16-7-6-8-17(13-16)15-22(2)28(25,26)18-9-10-20(27-3)19(14-18)21(24)23-11-4-5-12-23/h6-10,13-14H,4-5,11-12,15H2,1-3H3. The van der Waals surface area contributed by atoms with Crippen LogP contribution in [-0.4, -0.2) is 49.9 Å². The first-order valence-electron chi connectivity index (χ1n) is 9.32. The van der Waals surface area contributed by atoms with Crippen LogP contribution in [0.15, 0.2) is 52.3 Å². The van der Waals surface area contributed by atoms with Crippen LogP contribution >= 0.6 is 11.8 Å². The first kappa shape index (κ1) is 20.9. The summed E-state index contributed by atoms with van der Waals surface area (Å²) in [5, 5.41) is 0. The molecule has 0 saturated carbocycles. The third-order valence-electron chi connectivity index (χ3n) is 4.99. The monoisotopic (exact) mass is 418 g/mol. The van der Waals surface area contributed by atoms with Crippen LogP contribution in [0.4, 0.5) is 0 Å². The molecule has 2 aromatic rings. The highest BCUT2D eigenvalue weighted by molar-refractivity contribution is 7.98. The van der Waals surface area contributed by atoms with Gasteiger partial charge in [0.25, 0.3) is 5.91 Å². The smallest absolute Gasteiger partial charge is 0.255 e. The Bertz CT molecular complexity index is 967. The first-order valence-corrected chi connectivity index (χ1v) is 12.0. The van der Waals surface area contributed by atoms with Crippen molar-refractivity contribution in [3.63, 3.8) is 0 Å². The lowest BCUT2D eigenvalue weighted by Crippen LogP contribution is -2.29. The second-order valence-corrected chi connectivity index (χ2v) is 10.0. The SMILES string of the molecule is CSc1ccc(S(=O)(=O)N(C)Cc2cccc(C)c2)cc1C(=O)N1CCCC1. The second kappa shape index (κ2) is 8.68. The van der Waals surface area contributed by atoms with Gasteiger partial charge in [-0.2, -0.15) is 4.31 Å². The van der Waals surface area contributed by atoms with Gasteiger partial charge in [-0.3, -0.25) is 4.79 Å². The topological polar surface area (TPSA) is 57.7 Å². The summed E-state index contributed by atoms with van der Waals surface area (Å²) in [5.41, 5.74) is 2.49. The molecule has 3 rings (SSSR count). The molecule has 0 N–H and O–H groups in total. The summed E-state index contributed by atoms with van der Waals surface area (Å²) >= 11 is 1.46. The summed E-state index contributed by atoms with van der Waals surface area (Å²) < 4.78 is 27.6. The minimum absolute atomic E-state index is 0.0831. The molecule has 0 unspecified atom stereocenters. The molecule has 1 heterocycles. The molecule has 150 valence electrons. The number of sulfonamides is 1. The minimum atomic E-state index is -3.70. The number of hydrogen-bond acceptors (Lipinski definition) is 4. The zero-order valence-electron chi connectivity index (χ0n) is 16.5. The van der Waals surface area contributed by atoms with Crippen LogP contribution in [0.3, 0.4) is 0 Å². The average Bonchev–Trinajstić information content (AvgIpc) is 3.21. The average molecular weight is 419 g/mol. The quantitative estimate of drug-likeness (QED) is 0.670. The molecule has 28 heavy (non-hydrogen) atoms. The van der Waals surface area contributed by atoms with Gasteiger partial charge in [0.05, 0.1) is 10.5 Å². The van der Waals surface area contributed by atoms with Gasteiger partial charge in [-0.15, -0.1) is 11.8 Å². The predicted octanol–water partition coefficient (Wildman–Crippen LogP) is 3.77. The van der Waals surface area contributed by atoms with Gasteiger partial charge in [0, 0.05) is 31.6 Å². The number of carbonyl (C=O) groups excluding carboxylic acids is 1. The largest absolute Gasteiger partial charge is 0.339 e. The lowest BCUT2D eigenvalue weighted by Gasteiger charge is -2.20. The van der Waals surface area contributed by atoms with Crippen molar-refractivity contribution in [2.45, 2.75) is 36.1 Å². The van der Waals surface area contributed by atoms with Crippen molar-refractivity contribution in [1.82, 2.24) is 9.21 Å². The van der Waals surface area contributed by atoms with Gasteiger partial charge in [-0.25, -0.2) is 8.42 Å². The fourth-order valence-corrected chi connectivity index (χ4v) is 5.19. The molecule has 0 aliphatic carbocycles. The summed E-state index contributed by atoms with van der Waals surface area (Å²) in [4.78, 5) is 15.7. The van der Waals surface area contributed by atoms with Gasteiger partial charge in [0.15, 0.2) is 0 Å². The maximum Gasteiger partial charge on any atom is 0.255 e. The van der Waals surface area contributed by atoms with Crippen LogP contribution in [0.1, 0.15) is 34.3 Å². The van der Waals surface area contributed by atoms with E-state index in [2.05, 4.69) is 0 Å². The highest BCUT2D eigenvalue weighted by Gasteiger charge is 2.26. The zero-order valence-corrected chi connectivity index (χ0v) is 18.1. The van der Waals surface area contributed by atoms with Crippen LogP contribution < -0.4 is 0 Å². The van der Waals surface area contributed by atoms with Gasteiger partial charge in [0.2, 0.25) is 10.0 Å². The summed E-state index contributed by atoms with van der Waals surface area (Å²) in [5.74, 6) is -0.0831. The van der Waals surface area contributed by atoms with E-state index in [4.69, 9.17) is 0 Å². The molecular weight excluding hydrogens is 392 g/mol. The Morgan fingerprint density at radius 1 is 1.14 bits per heavy atom. The van der Waals surface area contributed by atoms with Crippen LogP contribution in [0, 0.1) is 6.92 Å². The summed E-state index contributed by atoms with van der Waals surface area (Å²) in [7, 11) is -2.13. The number of benzene rings is 2. The molecule has 2 aromatic carbocycles. The molecule has 7 heteroatoms. The Balaban J connectivity index is 1.90. The molecule has 1 aliphatic rings. The molecule has 1 fully saturated rings. The number of nitrogens with zero attached hydrogens (tertiary/aromatic N) is 2. The molecule has 1 aliphatic heterocycles. The summed E-state index contributed by atoms with van der Waals surface area (Å²) in [6.07, 6.45) is 3.89. The first-order chi connectivity index (χ1) is 13.3. The fourth-order valence-electron chi connectivity index (χ4n) is 3.44. The van der Waals surface area contributed by atoms with Crippen molar-refractivity contribution in [2.75, 3.05) is 26.4 Å². The molecule has 1 saturated heterocycles. The molecule has 5 nitrogen and oxygen atoms in total. The maximum atomic E-state index is 13.1. The number of amides is 1. The third-order valence-corrected chi connectivity index (χ3v) is 7.59. The minimum Gasteiger partial charge on any atom is -0.339 e. The van der Waals surface area contributed by atoms with Gasteiger partial charge < -0.3 is 4.90 Å². The van der Waals surface area contributed by atoms with E-state index in [1.807, 2.05) is 42.3 Å². The van der Waals surface area contributed by atoms with Crippen molar-refractivity contribution in [1.29, 1.82) is 0 Å². The van der Waals surface area contributed by atoms with Crippen molar-refractivity contribution in [3.8, 4) is 0 Å². The van der Waals surface area contributed by atoms with E-state index in [0.29, 0.717) is 5.56 Å². The Hall–Kier alpha value is -1.83. The predicted molar refractivity (Wildman–Crippen MR) is 113 cm³/mol. The van der Waals surface area contributed by atoms with E-state index in [-0.39, 0.29) is 17.3 Å². The molecule has 0 atom stereocenters. The molecule has 1 amide bonds. The van der Waals surface area contributed by atoms with Crippen molar-refractivity contribution >= 4 is 27.7 Å². The third kappa shape index (κ3) is 4.42. The Kier molecular flexibility index (Phi) is 6.47. The van der Waals surface area contributed by atoms with E-state index in [1.165, 1.54) is 22.1 Å². The molecule has 0 aromatic heterocycles. The van der Waals surface area contributed by atoms with Gasteiger partial charge in [-0.05, 0) is 49.8 Å². The van der Waals surface area contributed by atoms with Crippen LogP contribution in [0.5, 0.6) is 0 Å². The van der Waals surface area contributed by atoms with Crippen molar-refractivity contribution in [2.24, 2.45) is 0 Å². The molecule has 0 radical (unpaired) electrons. The Morgan fingerprint density at radius 2 is 1.86 bits per heavy atom. The maximum absolute atomic E-state index is 13.1. The van der Waals surface area contributed by atoms with E-state index in [0.717, 1.165) is 42.0 Å². The lowest BCUT2D eigenvalue weighted by molar-refractivity contribution is 0.0789. The van der Waals surface area contributed by atoms with Crippen LogP contribution in [0.25, 0.3) is 0 Å². The van der Waals surface area contributed by atoms with Gasteiger partial charge >= 0.3 is 0 Å². The van der Waals surface area contributed by atoms with Gasteiger partial charge in [0.1, 0.15) is 0 Å². The van der Waals surface area contributed by atoms with Crippen molar-refractivity contribution < 1.29 is 13.2 Å². The number of hydrogen-bond donors (Lipinski definition) is 0. The lowest BCUT2D eigenvalue weighted by atomic mass is 10.1. The van der Waals surface area contributed by atoms with E-state index in [9.17, 15) is 13.2 Å². The van der Waals surface area contributed by atoms with Gasteiger partial charge in [-0.1, -0.05) is 29.8 Å². The highest BCUT2D eigenvalue weighted by Crippen LogP contribution is 2.28. The normalized spacial score (nSPS) is 14.6. The van der Waals surface area contributed by atoms with E-state index < -0.39 is 10.0 Å². The molecule has 0 bridgehead atoms. The van der Waals surface area contributed by atoms with E-state index in [1.54, 1.807) is 19.2 Å². The summed E-state index contributed by atoms with van der Waals surface area (Å²) in [6, 6.07) is 12.7. The fraction of sp³-hybridized carbons (Fsp3) is 0.381. The second-order valence-electron chi connectivity index (χ2n) is 7.11. The number of rotatable bonds is 6. The number of aryl methyl sites for hydroxylation is 1. The molecular formula is C21H26N2O3S2. The highest BCUT2D eigenvalue weighted by atomic mass is 32.2. The number of thioether (sulfide) groups is 1. The molecule has 0 spiro atoms. The Morgan fingerprint density at radius 3 is 2.50 bits per heavy atom. The zero-order chi connectivity index (χ0) is 20.3.